The molecule has 24 heavy (non-hydrogen) atoms. The summed E-state index contributed by atoms with van der Waals surface area (Å²) in [7, 11) is 0.783. The molecular weight excluding hydrogens is 323 g/mol. The van der Waals surface area contributed by atoms with Crippen molar-refractivity contribution in [2.45, 2.75) is 6.11 Å². The molecule has 2 N–H and O–H groups in total. The third-order valence-electron chi connectivity index (χ3n) is 3.74. The van der Waals surface area contributed by atoms with Gasteiger partial charge in [0.15, 0.2) is 0 Å². The molecule has 0 atom stereocenters. The van der Waals surface area contributed by atoms with E-state index in [1.165, 1.54) is 30.5 Å². The van der Waals surface area contributed by atoms with Crippen molar-refractivity contribution in [3.63, 3.8) is 0 Å². The van der Waals surface area contributed by atoms with Gasteiger partial charge in [-0.25, -0.2) is 4.39 Å². The van der Waals surface area contributed by atoms with Crippen molar-refractivity contribution in [2.75, 3.05) is 7.11 Å². The summed E-state index contributed by atoms with van der Waals surface area (Å²) in [4.78, 5) is 14.3. The Morgan fingerprint density at radius 1 is 1.12 bits per heavy atom. The lowest BCUT2D eigenvalue weighted by Gasteiger charge is -2.16. The normalized spacial score (nSPS) is 11.8. The Kier molecular flexibility index (Phi) is 3.81. The SMILES string of the molecule is COC(F)(F)c1ccc(-c2c[nH]c(=O)c3ccc(O)cc23)cc1F. The fourth-order valence-corrected chi connectivity index (χ4v) is 2.51. The quantitative estimate of drug-likeness (QED) is 0.766. The number of hydrogen-bond acceptors (Lipinski definition) is 3. The van der Waals surface area contributed by atoms with Crippen LogP contribution in [0.15, 0.2) is 47.4 Å². The van der Waals surface area contributed by atoms with Gasteiger partial charge in [-0.05, 0) is 35.9 Å². The van der Waals surface area contributed by atoms with E-state index in [4.69, 9.17) is 0 Å². The van der Waals surface area contributed by atoms with Gasteiger partial charge in [0, 0.05) is 29.6 Å². The van der Waals surface area contributed by atoms with Crippen molar-refractivity contribution >= 4 is 10.8 Å². The van der Waals surface area contributed by atoms with Crippen LogP contribution in [-0.4, -0.2) is 17.2 Å². The lowest BCUT2D eigenvalue weighted by atomic mass is 9.99. The van der Waals surface area contributed by atoms with E-state index < -0.39 is 17.5 Å². The zero-order chi connectivity index (χ0) is 17.5. The smallest absolute Gasteiger partial charge is 0.385 e. The molecule has 3 aromatic rings. The second-order valence-corrected chi connectivity index (χ2v) is 5.18. The van der Waals surface area contributed by atoms with Crippen LogP contribution in [0.5, 0.6) is 5.75 Å². The highest BCUT2D eigenvalue weighted by molar-refractivity contribution is 5.96. The number of aromatic hydroxyl groups is 1. The lowest BCUT2D eigenvalue weighted by Crippen LogP contribution is -2.17. The van der Waals surface area contributed by atoms with E-state index in [0.717, 1.165) is 19.2 Å². The first-order valence-electron chi connectivity index (χ1n) is 6.91. The van der Waals surface area contributed by atoms with Crippen LogP contribution < -0.4 is 5.56 Å². The number of pyridine rings is 1. The number of aromatic nitrogens is 1. The number of rotatable bonds is 3. The molecule has 0 unspecified atom stereocenters. The summed E-state index contributed by atoms with van der Waals surface area (Å²) in [5.74, 6) is -1.21. The van der Waals surface area contributed by atoms with E-state index in [9.17, 15) is 23.1 Å². The van der Waals surface area contributed by atoms with Crippen molar-refractivity contribution in [1.82, 2.24) is 4.98 Å². The van der Waals surface area contributed by atoms with Crippen molar-refractivity contribution < 1.29 is 23.0 Å². The van der Waals surface area contributed by atoms with E-state index in [1.807, 2.05) is 0 Å². The van der Waals surface area contributed by atoms with Crippen LogP contribution in [-0.2, 0) is 10.8 Å². The molecule has 0 aliphatic heterocycles. The fraction of sp³-hybridized carbons (Fsp3) is 0.118. The number of phenols is 1. The molecule has 0 saturated heterocycles. The first-order chi connectivity index (χ1) is 11.3. The third-order valence-corrected chi connectivity index (χ3v) is 3.74. The maximum atomic E-state index is 14.1. The number of aromatic amines is 1. The molecule has 4 nitrogen and oxygen atoms in total. The Morgan fingerprint density at radius 2 is 1.88 bits per heavy atom. The van der Waals surface area contributed by atoms with Crippen molar-refractivity contribution in [3.8, 4) is 16.9 Å². The minimum Gasteiger partial charge on any atom is -0.508 e. The van der Waals surface area contributed by atoms with Gasteiger partial charge in [0.05, 0.1) is 5.56 Å². The highest BCUT2D eigenvalue weighted by atomic mass is 19.3. The van der Waals surface area contributed by atoms with Gasteiger partial charge in [-0.15, -0.1) is 0 Å². The average Bonchev–Trinajstić information content (AvgIpc) is 2.54. The molecule has 0 aliphatic rings. The Bertz CT molecular complexity index is 982. The van der Waals surface area contributed by atoms with Gasteiger partial charge in [-0.1, -0.05) is 6.07 Å². The van der Waals surface area contributed by atoms with E-state index in [2.05, 4.69) is 9.72 Å². The van der Waals surface area contributed by atoms with Crippen molar-refractivity contribution in [3.05, 3.63) is 64.3 Å². The Labute approximate surface area is 134 Å². The molecule has 3 rings (SSSR count). The minimum absolute atomic E-state index is 0.0719. The summed E-state index contributed by atoms with van der Waals surface area (Å²) in [5.41, 5.74) is -0.594. The molecule has 1 heterocycles. The maximum absolute atomic E-state index is 14.1. The highest BCUT2D eigenvalue weighted by Crippen LogP contribution is 2.34. The van der Waals surface area contributed by atoms with Gasteiger partial charge >= 0.3 is 6.11 Å². The predicted octanol–water partition coefficient (Wildman–Crippen LogP) is 3.74. The van der Waals surface area contributed by atoms with Crippen LogP contribution >= 0.6 is 0 Å². The van der Waals surface area contributed by atoms with E-state index in [1.54, 1.807) is 0 Å². The molecule has 0 saturated carbocycles. The van der Waals surface area contributed by atoms with E-state index >= 15 is 0 Å². The molecule has 0 bridgehead atoms. The summed E-state index contributed by atoms with van der Waals surface area (Å²) in [5, 5.41) is 10.3. The Hall–Kier alpha value is -2.80. The molecule has 0 fully saturated rings. The molecule has 0 spiro atoms. The standard InChI is InChI=1S/C17H12F3NO3/c1-24-17(19,20)14-5-2-9(6-15(14)18)13-8-21-16(23)11-4-3-10(22)7-12(11)13/h2-8,22H,1H3,(H,21,23). The van der Waals surface area contributed by atoms with Crippen molar-refractivity contribution in [2.24, 2.45) is 0 Å². The molecule has 0 amide bonds. The second-order valence-electron chi connectivity index (χ2n) is 5.18. The number of methoxy groups -OCH3 is 1. The third kappa shape index (κ3) is 2.63. The van der Waals surface area contributed by atoms with Crippen LogP contribution in [0.3, 0.4) is 0 Å². The first kappa shape index (κ1) is 16.1. The van der Waals surface area contributed by atoms with Crippen LogP contribution in [0.2, 0.25) is 0 Å². The average molecular weight is 335 g/mol. The van der Waals surface area contributed by atoms with Crippen LogP contribution in [0.25, 0.3) is 21.9 Å². The predicted molar refractivity (Wildman–Crippen MR) is 82.5 cm³/mol. The monoisotopic (exact) mass is 335 g/mol. The van der Waals surface area contributed by atoms with E-state index in [0.29, 0.717) is 10.9 Å². The summed E-state index contributed by atoms with van der Waals surface area (Å²) >= 11 is 0. The fourth-order valence-electron chi connectivity index (χ4n) is 2.51. The first-order valence-corrected chi connectivity index (χ1v) is 6.91. The number of fused-ring (bicyclic) bond motifs is 1. The van der Waals surface area contributed by atoms with Gasteiger partial charge in [0.2, 0.25) is 0 Å². The van der Waals surface area contributed by atoms with Crippen LogP contribution in [0.1, 0.15) is 5.56 Å². The second kappa shape index (κ2) is 5.68. The van der Waals surface area contributed by atoms with Gasteiger partial charge in [0.25, 0.3) is 5.56 Å². The van der Waals surface area contributed by atoms with Gasteiger partial charge in [-0.3, -0.25) is 4.79 Å². The number of hydrogen-bond donors (Lipinski definition) is 2. The van der Waals surface area contributed by atoms with E-state index in [-0.39, 0.29) is 22.3 Å². The number of halogens is 3. The van der Waals surface area contributed by atoms with Crippen LogP contribution in [0.4, 0.5) is 13.2 Å². The lowest BCUT2D eigenvalue weighted by molar-refractivity contribution is -0.233. The van der Waals surface area contributed by atoms with Gasteiger partial charge < -0.3 is 14.8 Å². The highest BCUT2D eigenvalue weighted by Gasteiger charge is 2.34. The molecule has 1 aromatic heterocycles. The maximum Gasteiger partial charge on any atom is 0.385 e. The summed E-state index contributed by atoms with van der Waals surface area (Å²) < 4.78 is 45.1. The summed E-state index contributed by atoms with van der Waals surface area (Å²) in [6.07, 6.45) is -2.40. The minimum atomic E-state index is -3.74. The van der Waals surface area contributed by atoms with Gasteiger partial charge in [-0.2, -0.15) is 8.78 Å². The Balaban J connectivity index is 2.22. The molecule has 0 aliphatic carbocycles. The summed E-state index contributed by atoms with van der Waals surface area (Å²) in [6.45, 7) is 0. The number of alkyl halides is 2. The summed E-state index contributed by atoms with van der Waals surface area (Å²) in [6, 6.07) is 7.28. The van der Waals surface area contributed by atoms with Crippen molar-refractivity contribution in [1.29, 1.82) is 0 Å². The topological polar surface area (TPSA) is 62.3 Å². The number of benzene rings is 2. The molecule has 124 valence electrons. The zero-order valence-corrected chi connectivity index (χ0v) is 12.4. The molecule has 0 radical (unpaired) electrons. The molecule has 2 aromatic carbocycles. The Morgan fingerprint density at radius 3 is 2.54 bits per heavy atom. The number of H-pyrrole nitrogens is 1. The molecular formula is C17H12F3NO3. The van der Waals surface area contributed by atoms with Gasteiger partial charge in [0.1, 0.15) is 11.6 Å². The number of nitrogens with one attached hydrogen (secondary N) is 1. The number of phenolic OH excluding ortho intramolecular Hbond substituents is 1. The molecule has 7 heteroatoms. The largest absolute Gasteiger partial charge is 0.508 e. The number of ether oxygens (including phenoxy) is 1. The van der Waals surface area contributed by atoms with Crippen LogP contribution in [0, 0.1) is 5.82 Å². The zero-order valence-electron chi connectivity index (χ0n) is 12.4.